The third-order valence-corrected chi connectivity index (χ3v) is 5.91. The monoisotopic (exact) mass is 361 g/mol. The Hall–Kier alpha value is -1.77. The highest BCUT2D eigenvalue weighted by molar-refractivity contribution is 5.76. The van der Waals surface area contributed by atoms with Gasteiger partial charge < -0.3 is 20.1 Å². The maximum absolute atomic E-state index is 12.0. The molecule has 3 saturated heterocycles. The number of aliphatic carboxylic acids is 1. The number of morpholine rings is 1. The van der Waals surface area contributed by atoms with Crippen LogP contribution in [0.15, 0.2) is 12.4 Å². The molecule has 0 saturated carbocycles. The molecule has 0 bridgehead atoms. The second-order valence-corrected chi connectivity index (χ2v) is 7.56. The lowest BCUT2D eigenvalue weighted by Gasteiger charge is -2.48. The van der Waals surface area contributed by atoms with Crippen LogP contribution in [0.2, 0.25) is 0 Å². The summed E-state index contributed by atoms with van der Waals surface area (Å²) in [6.45, 7) is 6.18. The van der Waals surface area contributed by atoms with Crippen molar-refractivity contribution in [2.45, 2.75) is 31.8 Å². The van der Waals surface area contributed by atoms with Crippen molar-refractivity contribution in [1.29, 1.82) is 0 Å². The van der Waals surface area contributed by atoms with Crippen LogP contribution in [0, 0.1) is 5.41 Å². The van der Waals surface area contributed by atoms with Gasteiger partial charge in [-0.15, -0.1) is 0 Å². The number of nitrogens with one attached hydrogen (secondary N) is 1. The number of hydrogen-bond acceptors (Lipinski definition) is 7. The molecule has 3 aliphatic heterocycles. The van der Waals surface area contributed by atoms with Gasteiger partial charge in [-0.3, -0.25) is 9.69 Å². The Balaban J connectivity index is 1.41. The maximum atomic E-state index is 12.0. The third kappa shape index (κ3) is 3.41. The average molecular weight is 361 g/mol. The molecule has 3 aliphatic rings. The highest BCUT2D eigenvalue weighted by atomic mass is 16.5. The molecular weight excluding hydrogens is 334 g/mol. The average Bonchev–Trinajstić information content (AvgIpc) is 2.69. The molecule has 0 aliphatic carbocycles. The zero-order valence-corrected chi connectivity index (χ0v) is 15.1. The van der Waals surface area contributed by atoms with Gasteiger partial charge in [0.05, 0.1) is 18.6 Å². The van der Waals surface area contributed by atoms with E-state index in [1.54, 1.807) is 0 Å². The summed E-state index contributed by atoms with van der Waals surface area (Å²) in [5.41, 5.74) is 0.371. The van der Waals surface area contributed by atoms with E-state index in [2.05, 4.69) is 25.1 Å². The molecule has 2 atom stereocenters. The Morgan fingerprint density at radius 2 is 2.08 bits per heavy atom. The molecule has 26 heavy (non-hydrogen) atoms. The molecule has 0 spiro atoms. The van der Waals surface area contributed by atoms with Crippen molar-refractivity contribution in [1.82, 2.24) is 20.2 Å². The van der Waals surface area contributed by atoms with Gasteiger partial charge in [0.25, 0.3) is 0 Å². The van der Waals surface area contributed by atoms with E-state index in [4.69, 9.17) is 4.74 Å². The third-order valence-electron chi connectivity index (χ3n) is 5.91. The van der Waals surface area contributed by atoms with E-state index in [9.17, 15) is 9.90 Å². The Morgan fingerprint density at radius 1 is 1.31 bits per heavy atom. The number of rotatable bonds is 4. The van der Waals surface area contributed by atoms with Crippen LogP contribution in [0.4, 0.5) is 5.95 Å². The number of piperidine rings is 2. The Kier molecular flexibility index (Phi) is 5.06. The number of carbonyl (C=O) groups is 1. The lowest BCUT2D eigenvalue weighted by atomic mass is 9.70. The number of ether oxygens (including phenoxy) is 1. The van der Waals surface area contributed by atoms with Crippen LogP contribution in [-0.4, -0.2) is 77.9 Å². The number of aromatic nitrogens is 2. The van der Waals surface area contributed by atoms with Crippen molar-refractivity contribution in [2.75, 3.05) is 50.8 Å². The minimum atomic E-state index is -0.668. The second-order valence-electron chi connectivity index (χ2n) is 7.56. The van der Waals surface area contributed by atoms with E-state index in [1.165, 1.54) is 0 Å². The molecule has 4 rings (SSSR count). The summed E-state index contributed by atoms with van der Waals surface area (Å²) >= 11 is 0. The highest BCUT2D eigenvalue weighted by Crippen LogP contribution is 2.38. The molecule has 8 nitrogen and oxygen atoms in total. The minimum absolute atomic E-state index is 0.0879. The standard InChI is InChI=1S/C18H27N5O3/c24-16(25)18-3-1-4-19-15(18)2-5-22(13-18)12-14-10-20-17(21-11-14)23-6-8-26-9-7-23/h10-11,15,19H,1-9,12-13H2,(H,24,25)/t15-,18+/m1/s1. The SMILES string of the molecule is O=C(O)[C@]12CCCN[C@@H]1CCN(Cc1cnc(N3CCOCC3)nc1)C2. The zero-order valence-electron chi connectivity index (χ0n) is 15.1. The number of likely N-dealkylation sites (tertiary alicyclic amines) is 1. The van der Waals surface area contributed by atoms with Crippen molar-refractivity contribution in [2.24, 2.45) is 5.41 Å². The van der Waals surface area contributed by atoms with Crippen LogP contribution in [0.25, 0.3) is 0 Å². The molecule has 0 aromatic carbocycles. The largest absolute Gasteiger partial charge is 0.481 e. The quantitative estimate of drug-likeness (QED) is 0.794. The molecule has 0 amide bonds. The normalized spacial score (nSPS) is 30.0. The van der Waals surface area contributed by atoms with Crippen molar-refractivity contribution in [3.8, 4) is 0 Å². The van der Waals surface area contributed by atoms with Crippen LogP contribution in [0.1, 0.15) is 24.8 Å². The molecule has 3 fully saturated rings. The van der Waals surface area contributed by atoms with Crippen molar-refractivity contribution in [3.05, 3.63) is 18.0 Å². The van der Waals surface area contributed by atoms with Gasteiger partial charge in [-0.05, 0) is 25.8 Å². The first-order valence-corrected chi connectivity index (χ1v) is 9.50. The van der Waals surface area contributed by atoms with Gasteiger partial charge in [0, 0.05) is 56.7 Å². The number of hydrogen-bond donors (Lipinski definition) is 2. The first kappa shape index (κ1) is 17.6. The summed E-state index contributed by atoms with van der Waals surface area (Å²) in [5, 5.41) is 13.3. The van der Waals surface area contributed by atoms with Crippen LogP contribution in [-0.2, 0) is 16.1 Å². The molecular formula is C18H27N5O3. The van der Waals surface area contributed by atoms with Gasteiger partial charge in [-0.1, -0.05) is 0 Å². The summed E-state index contributed by atoms with van der Waals surface area (Å²) in [4.78, 5) is 25.4. The van der Waals surface area contributed by atoms with Crippen molar-refractivity contribution >= 4 is 11.9 Å². The summed E-state index contributed by atoms with van der Waals surface area (Å²) < 4.78 is 5.36. The van der Waals surface area contributed by atoms with Crippen LogP contribution in [0.5, 0.6) is 0 Å². The molecule has 2 N–H and O–H groups in total. The fourth-order valence-electron chi connectivity index (χ4n) is 4.48. The molecule has 1 aromatic rings. The van der Waals surface area contributed by atoms with Gasteiger partial charge in [0.15, 0.2) is 0 Å². The van der Waals surface area contributed by atoms with Gasteiger partial charge in [0.1, 0.15) is 0 Å². The fraction of sp³-hybridized carbons (Fsp3) is 0.722. The van der Waals surface area contributed by atoms with Gasteiger partial charge in [0.2, 0.25) is 5.95 Å². The van der Waals surface area contributed by atoms with E-state index in [1.807, 2.05) is 12.4 Å². The minimum Gasteiger partial charge on any atom is -0.481 e. The van der Waals surface area contributed by atoms with Gasteiger partial charge in [-0.25, -0.2) is 9.97 Å². The van der Waals surface area contributed by atoms with E-state index in [0.29, 0.717) is 26.3 Å². The Labute approximate surface area is 153 Å². The van der Waals surface area contributed by atoms with E-state index in [-0.39, 0.29) is 6.04 Å². The second kappa shape index (κ2) is 7.46. The maximum Gasteiger partial charge on any atom is 0.312 e. The predicted molar refractivity (Wildman–Crippen MR) is 96.1 cm³/mol. The summed E-state index contributed by atoms with van der Waals surface area (Å²) in [5.74, 6) is 0.0764. The summed E-state index contributed by atoms with van der Waals surface area (Å²) in [6.07, 6.45) is 6.29. The first-order valence-electron chi connectivity index (χ1n) is 9.50. The fourth-order valence-corrected chi connectivity index (χ4v) is 4.48. The smallest absolute Gasteiger partial charge is 0.312 e. The van der Waals surface area contributed by atoms with Gasteiger partial charge in [-0.2, -0.15) is 0 Å². The first-order chi connectivity index (χ1) is 12.7. The molecule has 142 valence electrons. The molecule has 0 radical (unpaired) electrons. The lowest BCUT2D eigenvalue weighted by molar-refractivity contribution is -0.157. The Bertz CT molecular complexity index is 634. The van der Waals surface area contributed by atoms with Crippen molar-refractivity contribution < 1.29 is 14.6 Å². The van der Waals surface area contributed by atoms with E-state index < -0.39 is 11.4 Å². The number of nitrogens with zero attached hydrogens (tertiary/aromatic N) is 4. The highest BCUT2D eigenvalue weighted by Gasteiger charge is 2.50. The summed E-state index contributed by atoms with van der Waals surface area (Å²) in [6, 6.07) is 0.0879. The number of anilines is 1. The van der Waals surface area contributed by atoms with Crippen LogP contribution >= 0.6 is 0 Å². The van der Waals surface area contributed by atoms with E-state index >= 15 is 0 Å². The number of carboxylic acids is 1. The zero-order chi connectivity index (χ0) is 18.0. The number of fused-ring (bicyclic) bond motifs is 1. The number of carboxylic acid groups (broad SMARTS) is 1. The topological polar surface area (TPSA) is 90.8 Å². The summed E-state index contributed by atoms with van der Waals surface area (Å²) in [7, 11) is 0. The molecule has 1 aromatic heterocycles. The van der Waals surface area contributed by atoms with Crippen LogP contribution in [0.3, 0.4) is 0 Å². The predicted octanol–water partition coefficient (Wildman–Crippen LogP) is 0.342. The van der Waals surface area contributed by atoms with Crippen LogP contribution < -0.4 is 10.2 Å². The van der Waals surface area contributed by atoms with Gasteiger partial charge >= 0.3 is 5.97 Å². The Morgan fingerprint density at radius 3 is 2.81 bits per heavy atom. The molecule has 0 unspecified atom stereocenters. The molecule has 8 heteroatoms. The molecule has 4 heterocycles. The van der Waals surface area contributed by atoms with E-state index in [0.717, 1.165) is 57.0 Å². The lowest BCUT2D eigenvalue weighted by Crippen LogP contribution is -2.62. The van der Waals surface area contributed by atoms with Crippen molar-refractivity contribution in [3.63, 3.8) is 0 Å².